The van der Waals surface area contributed by atoms with Gasteiger partial charge in [0.1, 0.15) is 0 Å². The molecule has 0 aromatic heterocycles. The van der Waals surface area contributed by atoms with Gasteiger partial charge in [-0.05, 0) is 40.5 Å². The summed E-state index contributed by atoms with van der Waals surface area (Å²) in [5, 5.41) is 10.9. The number of hydrogen-bond acceptors (Lipinski definition) is 7. The summed E-state index contributed by atoms with van der Waals surface area (Å²) >= 11 is 4.64. The van der Waals surface area contributed by atoms with Crippen LogP contribution < -0.4 is 14.8 Å². The summed E-state index contributed by atoms with van der Waals surface area (Å²) in [7, 11) is 0. The highest BCUT2D eigenvalue weighted by molar-refractivity contribution is 9.10. The van der Waals surface area contributed by atoms with Crippen molar-refractivity contribution in [2.45, 2.75) is 13.8 Å². The molecule has 0 spiro atoms. The minimum absolute atomic E-state index is 0.0870. The highest BCUT2D eigenvalue weighted by Crippen LogP contribution is 2.36. The van der Waals surface area contributed by atoms with Gasteiger partial charge in [-0.2, -0.15) is 5.10 Å². The van der Waals surface area contributed by atoms with Crippen LogP contribution in [0.15, 0.2) is 26.8 Å². The smallest absolute Gasteiger partial charge is 0.308 e. The number of hydrogen-bond donors (Lipinski definition) is 1. The van der Waals surface area contributed by atoms with Crippen molar-refractivity contribution in [2.24, 2.45) is 10.2 Å². The molecule has 7 nitrogen and oxygen atoms in total. The number of carbonyl (C=O) groups excluding carboxylic acids is 2. The maximum Gasteiger partial charge on any atom is 0.308 e. The molecule has 9 heteroatoms. The second kappa shape index (κ2) is 8.11. The van der Waals surface area contributed by atoms with E-state index in [4.69, 9.17) is 9.47 Å². The fourth-order valence-corrected chi connectivity index (χ4v) is 2.87. The fourth-order valence-electron chi connectivity index (χ4n) is 1.70. The van der Waals surface area contributed by atoms with Crippen molar-refractivity contribution in [3.63, 3.8) is 0 Å². The van der Waals surface area contributed by atoms with Crippen molar-refractivity contribution < 1.29 is 19.1 Å². The Morgan fingerprint density at radius 3 is 2.91 bits per heavy atom. The van der Waals surface area contributed by atoms with Gasteiger partial charge in [-0.3, -0.25) is 9.59 Å². The SMILES string of the molecule is CCOc1cc(C=NN=C2NC(=O)CS2)cc(Br)c1OC(C)=O. The number of nitrogens with zero attached hydrogens (tertiary/aromatic N) is 2. The normalized spacial score (nSPS) is 16.0. The molecule has 1 saturated heterocycles. The number of halogens is 1. The van der Waals surface area contributed by atoms with Crippen molar-refractivity contribution in [2.75, 3.05) is 12.4 Å². The summed E-state index contributed by atoms with van der Waals surface area (Å²) in [5.74, 6) is 0.576. The van der Waals surface area contributed by atoms with Crippen LogP contribution in [0.5, 0.6) is 11.5 Å². The second-order valence-corrected chi connectivity index (χ2v) is 6.16. The van der Waals surface area contributed by atoms with Crippen LogP contribution in [0.4, 0.5) is 0 Å². The van der Waals surface area contributed by atoms with E-state index >= 15 is 0 Å². The number of rotatable bonds is 5. The second-order valence-electron chi connectivity index (χ2n) is 4.34. The first-order valence-electron chi connectivity index (χ1n) is 6.68. The van der Waals surface area contributed by atoms with Crippen LogP contribution in [0.25, 0.3) is 0 Å². The molecule has 0 atom stereocenters. The predicted octanol–water partition coefficient (Wildman–Crippen LogP) is 2.33. The summed E-state index contributed by atoms with van der Waals surface area (Å²) in [5.41, 5.74) is 0.704. The lowest BCUT2D eigenvalue weighted by atomic mass is 10.2. The van der Waals surface area contributed by atoms with Gasteiger partial charge in [0.25, 0.3) is 0 Å². The van der Waals surface area contributed by atoms with E-state index in [-0.39, 0.29) is 5.91 Å². The van der Waals surface area contributed by atoms with Gasteiger partial charge in [0, 0.05) is 6.92 Å². The van der Waals surface area contributed by atoms with Gasteiger partial charge in [-0.1, -0.05) is 11.8 Å². The lowest BCUT2D eigenvalue weighted by molar-refractivity contribution is -0.132. The Bertz CT molecular complexity index is 691. The molecule has 1 fully saturated rings. The van der Waals surface area contributed by atoms with E-state index in [1.54, 1.807) is 12.1 Å². The molecule has 0 radical (unpaired) electrons. The van der Waals surface area contributed by atoms with E-state index in [1.807, 2.05) is 6.92 Å². The van der Waals surface area contributed by atoms with Crippen molar-refractivity contribution in [3.8, 4) is 11.5 Å². The number of amidine groups is 1. The van der Waals surface area contributed by atoms with Crippen molar-refractivity contribution in [3.05, 3.63) is 22.2 Å². The van der Waals surface area contributed by atoms with E-state index < -0.39 is 5.97 Å². The molecule has 1 N–H and O–H groups in total. The van der Waals surface area contributed by atoms with Crippen molar-refractivity contribution in [1.82, 2.24) is 5.32 Å². The largest absolute Gasteiger partial charge is 0.490 e. The molecular formula is C14H14BrN3O4S. The summed E-state index contributed by atoms with van der Waals surface area (Å²) in [6, 6.07) is 3.42. The number of carbonyl (C=O) groups is 2. The van der Waals surface area contributed by atoms with Crippen molar-refractivity contribution >= 4 is 51.0 Å². The minimum atomic E-state index is -0.437. The van der Waals surface area contributed by atoms with Gasteiger partial charge in [-0.15, -0.1) is 5.10 Å². The highest BCUT2D eigenvalue weighted by atomic mass is 79.9. The third kappa shape index (κ3) is 5.07. The van der Waals surface area contributed by atoms with Crippen LogP contribution in [0.1, 0.15) is 19.4 Å². The molecule has 1 aromatic carbocycles. The first-order chi connectivity index (χ1) is 11.0. The molecule has 0 saturated carbocycles. The van der Waals surface area contributed by atoms with E-state index in [1.165, 1.54) is 24.9 Å². The van der Waals surface area contributed by atoms with Crippen LogP contribution >= 0.6 is 27.7 Å². The quantitative estimate of drug-likeness (QED) is 0.355. The number of ether oxygens (including phenoxy) is 2. The van der Waals surface area contributed by atoms with Crippen LogP contribution in [0.2, 0.25) is 0 Å². The Labute approximate surface area is 145 Å². The van der Waals surface area contributed by atoms with Crippen LogP contribution in [-0.4, -0.2) is 35.6 Å². The zero-order chi connectivity index (χ0) is 16.8. The van der Waals surface area contributed by atoms with Gasteiger partial charge in [0.2, 0.25) is 5.91 Å². The summed E-state index contributed by atoms with van der Waals surface area (Å²) in [4.78, 5) is 22.2. The Kier molecular flexibility index (Phi) is 6.17. The standard InChI is InChI=1S/C14H14BrN3O4S/c1-3-21-11-5-9(4-10(15)13(11)22-8(2)19)6-16-18-14-17-12(20)7-23-14/h4-6H,3,7H2,1-2H3,(H,17,18,20). The predicted molar refractivity (Wildman–Crippen MR) is 92.2 cm³/mol. The number of thioether (sulfide) groups is 1. The summed E-state index contributed by atoms with van der Waals surface area (Å²) in [6.07, 6.45) is 1.52. The number of esters is 1. The maximum atomic E-state index is 11.2. The lowest BCUT2D eigenvalue weighted by Crippen LogP contribution is -2.19. The molecule has 2 rings (SSSR count). The zero-order valence-corrected chi connectivity index (χ0v) is 14.9. The zero-order valence-electron chi connectivity index (χ0n) is 12.5. The van der Waals surface area contributed by atoms with E-state index in [0.29, 0.717) is 39.1 Å². The number of amides is 1. The third-order valence-corrected chi connectivity index (χ3v) is 3.97. The molecule has 1 amide bonds. The molecule has 23 heavy (non-hydrogen) atoms. The van der Waals surface area contributed by atoms with E-state index in [9.17, 15) is 9.59 Å². The van der Waals surface area contributed by atoms with Gasteiger partial charge in [0.15, 0.2) is 16.7 Å². The average Bonchev–Trinajstić information content (AvgIpc) is 2.88. The average molecular weight is 400 g/mol. The Balaban J connectivity index is 2.22. The maximum absolute atomic E-state index is 11.2. The number of benzene rings is 1. The van der Waals surface area contributed by atoms with E-state index in [2.05, 4.69) is 31.4 Å². The fraction of sp³-hybridized carbons (Fsp3) is 0.286. The molecule has 0 aliphatic carbocycles. The molecule has 1 heterocycles. The Hall–Kier alpha value is -1.87. The molecular weight excluding hydrogens is 386 g/mol. The molecule has 0 unspecified atom stereocenters. The van der Waals surface area contributed by atoms with Crippen LogP contribution in [-0.2, 0) is 9.59 Å². The topological polar surface area (TPSA) is 89.3 Å². The number of nitrogens with one attached hydrogen (secondary N) is 1. The van der Waals surface area contributed by atoms with Gasteiger partial charge in [-0.25, -0.2) is 0 Å². The first-order valence-corrected chi connectivity index (χ1v) is 8.46. The van der Waals surface area contributed by atoms with Crippen molar-refractivity contribution in [1.29, 1.82) is 0 Å². The highest BCUT2D eigenvalue weighted by Gasteiger charge is 2.16. The van der Waals surface area contributed by atoms with Gasteiger partial charge >= 0.3 is 5.97 Å². The molecule has 1 aliphatic rings. The van der Waals surface area contributed by atoms with Gasteiger partial charge < -0.3 is 14.8 Å². The van der Waals surface area contributed by atoms with Crippen LogP contribution in [0.3, 0.4) is 0 Å². The van der Waals surface area contributed by atoms with Crippen LogP contribution in [0, 0.1) is 0 Å². The molecule has 122 valence electrons. The third-order valence-electron chi connectivity index (χ3n) is 2.52. The Morgan fingerprint density at radius 1 is 1.52 bits per heavy atom. The van der Waals surface area contributed by atoms with E-state index in [0.717, 1.165) is 0 Å². The molecule has 1 aliphatic heterocycles. The lowest BCUT2D eigenvalue weighted by Gasteiger charge is -2.12. The summed E-state index contributed by atoms with van der Waals surface area (Å²) < 4.78 is 11.2. The minimum Gasteiger partial charge on any atom is -0.490 e. The molecule has 0 bridgehead atoms. The summed E-state index contributed by atoms with van der Waals surface area (Å²) in [6.45, 7) is 3.58. The molecule has 1 aromatic rings. The van der Waals surface area contributed by atoms with Gasteiger partial charge in [0.05, 0.1) is 23.0 Å². The monoisotopic (exact) mass is 399 g/mol. The first kappa shape index (κ1) is 17.5. The Morgan fingerprint density at radius 2 is 2.30 bits per heavy atom.